The number of hydrogen-bond acceptors (Lipinski definition) is 1. The van der Waals surface area contributed by atoms with E-state index in [-0.39, 0.29) is 11.9 Å². The van der Waals surface area contributed by atoms with Crippen molar-refractivity contribution in [3.05, 3.63) is 65.5 Å². The van der Waals surface area contributed by atoms with Crippen LogP contribution in [0.15, 0.2) is 48.5 Å². The van der Waals surface area contributed by atoms with Gasteiger partial charge in [0, 0.05) is 5.69 Å². The van der Waals surface area contributed by atoms with Crippen molar-refractivity contribution in [1.82, 2.24) is 0 Å². The zero-order valence-electron chi connectivity index (χ0n) is 12.9. The van der Waals surface area contributed by atoms with Crippen LogP contribution in [0, 0.1) is 12.7 Å². The molecule has 1 unspecified atom stereocenters. The SMILES string of the molecule is CCCCCC(Nc1ccc(C)c(F)c1)c1ccccc1. The molecule has 0 spiro atoms. The number of hydrogen-bond donors (Lipinski definition) is 1. The molecule has 21 heavy (non-hydrogen) atoms. The molecule has 2 aromatic rings. The molecule has 0 fully saturated rings. The average molecular weight is 285 g/mol. The number of halogens is 1. The molecule has 0 aliphatic rings. The average Bonchev–Trinajstić information content (AvgIpc) is 2.51. The molecule has 0 bridgehead atoms. The van der Waals surface area contributed by atoms with Gasteiger partial charge < -0.3 is 5.32 Å². The van der Waals surface area contributed by atoms with E-state index in [9.17, 15) is 4.39 Å². The van der Waals surface area contributed by atoms with Crippen LogP contribution in [0.25, 0.3) is 0 Å². The second-order valence-corrected chi connectivity index (χ2v) is 5.57. The summed E-state index contributed by atoms with van der Waals surface area (Å²) in [6, 6.07) is 16.0. The molecular formula is C19H24FN. The van der Waals surface area contributed by atoms with Crippen LogP contribution < -0.4 is 5.32 Å². The number of aryl methyl sites for hydroxylation is 1. The van der Waals surface area contributed by atoms with Crippen molar-refractivity contribution in [1.29, 1.82) is 0 Å². The highest BCUT2D eigenvalue weighted by atomic mass is 19.1. The van der Waals surface area contributed by atoms with Gasteiger partial charge in [-0.15, -0.1) is 0 Å². The summed E-state index contributed by atoms with van der Waals surface area (Å²) >= 11 is 0. The van der Waals surface area contributed by atoms with Gasteiger partial charge in [0.05, 0.1) is 6.04 Å². The molecule has 0 saturated carbocycles. The van der Waals surface area contributed by atoms with Crippen LogP contribution in [-0.2, 0) is 0 Å². The van der Waals surface area contributed by atoms with Gasteiger partial charge in [-0.2, -0.15) is 0 Å². The highest BCUT2D eigenvalue weighted by Crippen LogP contribution is 2.25. The lowest BCUT2D eigenvalue weighted by Crippen LogP contribution is -2.11. The zero-order chi connectivity index (χ0) is 15.1. The highest BCUT2D eigenvalue weighted by molar-refractivity contribution is 5.47. The summed E-state index contributed by atoms with van der Waals surface area (Å²) in [5.74, 6) is -0.152. The lowest BCUT2D eigenvalue weighted by atomic mass is 10.00. The van der Waals surface area contributed by atoms with Crippen molar-refractivity contribution < 1.29 is 4.39 Å². The van der Waals surface area contributed by atoms with Crippen LogP contribution in [0.3, 0.4) is 0 Å². The third-order valence-electron chi connectivity index (χ3n) is 3.81. The molecular weight excluding hydrogens is 261 g/mol. The number of nitrogens with one attached hydrogen (secondary N) is 1. The Bertz CT molecular complexity index is 551. The maximum atomic E-state index is 13.7. The second-order valence-electron chi connectivity index (χ2n) is 5.57. The molecule has 1 atom stereocenters. The van der Waals surface area contributed by atoms with E-state index in [1.54, 1.807) is 13.0 Å². The quantitative estimate of drug-likeness (QED) is 0.627. The Morgan fingerprint density at radius 3 is 2.48 bits per heavy atom. The first-order chi connectivity index (χ1) is 10.2. The lowest BCUT2D eigenvalue weighted by molar-refractivity contribution is 0.602. The standard InChI is InChI=1S/C19H24FN/c1-3-4-6-11-19(16-9-7-5-8-10-16)21-17-13-12-15(2)18(20)14-17/h5,7-10,12-14,19,21H,3-4,6,11H2,1-2H3. The minimum Gasteiger partial charge on any atom is -0.378 e. The minimum atomic E-state index is -0.152. The van der Waals surface area contributed by atoms with Crippen LogP contribution in [0.4, 0.5) is 10.1 Å². The third-order valence-corrected chi connectivity index (χ3v) is 3.81. The van der Waals surface area contributed by atoms with E-state index in [0.717, 1.165) is 12.1 Å². The molecule has 112 valence electrons. The topological polar surface area (TPSA) is 12.0 Å². The van der Waals surface area contributed by atoms with Gasteiger partial charge in [0.1, 0.15) is 5.82 Å². The molecule has 0 amide bonds. The molecule has 1 nitrogen and oxygen atoms in total. The largest absolute Gasteiger partial charge is 0.378 e. The maximum absolute atomic E-state index is 13.7. The fourth-order valence-corrected chi connectivity index (χ4v) is 2.49. The number of rotatable bonds is 7. The van der Waals surface area contributed by atoms with E-state index in [1.165, 1.54) is 24.8 Å². The molecule has 2 aromatic carbocycles. The van der Waals surface area contributed by atoms with Crippen molar-refractivity contribution >= 4 is 5.69 Å². The van der Waals surface area contributed by atoms with E-state index in [4.69, 9.17) is 0 Å². The summed E-state index contributed by atoms with van der Waals surface area (Å²) in [7, 11) is 0. The molecule has 1 N–H and O–H groups in total. The van der Waals surface area contributed by atoms with Crippen molar-refractivity contribution in [3.8, 4) is 0 Å². The summed E-state index contributed by atoms with van der Waals surface area (Å²) in [4.78, 5) is 0. The first-order valence-electron chi connectivity index (χ1n) is 7.78. The Kier molecular flexibility index (Phi) is 5.79. The Morgan fingerprint density at radius 2 is 1.81 bits per heavy atom. The molecule has 0 aliphatic heterocycles. The summed E-state index contributed by atoms with van der Waals surface area (Å²) < 4.78 is 13.7. The van der Waals surface area contributed by atoms with Gasteiger partial charge in [0.15, 0.2) is 0 Å². The van der Waals surface area contributed by atoms with E-state index in [1.807, 2.05) is 18.2 Å². The minimum absolute atomic E-state index is 0.152. The predicted octanol–water partition coefficient (Wildman–Crippen LogP) is 5.87. The fourth-order valence-electron chi connectivity index (χ4n) is 2.49. The van der Waals surface area contributed by atoms with Crippen LogP contribution in [0.5, 0.6) is 0 Å². The number of anilines is 1. The Balaban J connectivity index is 2.13. The van der Waals surface area contributed by atoms with Crippen molar-refractivity contribution in [2.24, 2.45) is 0 Å². The van der Waals surface area contributed by atoms with Crippen molar-refractivity contribution in [2.75, 3.05) is 5.32 Å². The summed E-state index contributed by atoms with van der Waals surface area (Å²) in [5, 5.41) is 3.48. The summed E-state index contributed by atoms with van der Waals surface area (Å²) in [6.07, 6.45) is 4.68. The van der Waals surface area contributed by atoms with Gasteiger partial charge in [0.2, 0.25) is 0 Å². The molecule has 2 heteroatoms. The van der Waals surface area contributed by atoms with Gasteiger partial charge in [-0.1, -0.05) is 62.6 Å². The predicted molar refractivity (Wildman–Crippen MR) is 88.1 cm³/mol. The maximum Gasteiger partial charge on any atom is 0.128 e. The van der Waals surface area contributed by atoms with E-state index in [0.29, 0.717) is 5.56 Å². The Morgan fingerprint density at radius 1 is 1.05 bits per heavy atom. The molecule has 0 aliphatic carbocycles. The monoisotopic (exact) mass is 285 g/mol. The smallest absolute Gasteiger partial charge is 0.128 e. The lowest BCUT2D eigenvalue weighted by Gasteiger charge is -2.21. The number of benzene rings is 2. The normalized spacial score (nSPS) is 12.1. The van der Waals surface area contributed by atoms with Crippen molar-refractivity contribution in [3.63, 3.8) is 0 Å². The van der Waals surface area contributed by atoms with Gasteiger partial charge in [-0.3, -0.25) is 0 Å². The first-order valence-corrected chi connectivity index (χ1v) is 7.78. The first kappa shape index (κ1) is 15.6. The molecule has 0 saturated heterocycles. The summed E-state index contributed by atoms with van der Waals surface area (Å²) in [6.45, 7) is 4.00. The highest BCUT2D eigenvalue weighted by Gasteiger charge is 2.11. The fraction of sp³-hybridized carbons (Fsp3) is 0.368. The van der Waals surface area contributed by atoms with Crippen molar-refractivity contribution in [2.45, 2.75) is 45.6 Å². The van der Waals surface area contributed by atoms with Gasteiger partial charge in [-0.05, 0) is 36.6 Å². The van der Waals surface area contributed by atoms with Gasteiger partial charge in [-0.25, -0.2) is 4.39 Å². The summed E-state index contributed by atoms with van der Waals surface area (Å²) in [5.41, 5.74) is 2.79. The number of unbranched alkanes of at least 4 members (excludes halogenated alkanes) is 2. The van der Waals surface area contributed by atoms with Crippen LogP contribution in [0.1, 0.15) is 49.8 Å². The van der Waals surface area contributed by atoms with Crippen LogP contribution in [-0.4, -0.2) is 0 Å². The molecule has 0 aromatic heterocycles. The van der Waals surface area contributed by atoms with E-state index in [2.05, 4.69) is 36.5 Å². The third kappa shape index (κ3) is 4.59. The van der Waals surface area contributed by atoms with Crippen LogP contribution in [0.2, 0.25) is 0 Å². The Labute approximate surface area is 127 Å². The molecule has 2 rings (SSSR count). The van der Waals surface area contributed by atoms with Gasteiger partial charge >= 0.3 is 0 Å². The molecule has 0 heterocycles. The Hall–Kier alpha value is -1.83. The van der Waals surface area contributed by atoms with E-state index < -0.39 is 0 Å². The van der Waals surface area contributed by atoms with Gasteiger partial charge in [0.25, 0.3) is 0 Å². The zero-order valence-corrected chi connectivity index (χ0v) is 12.9. The van der Waals surface area contributed by atoms with E-state index >= 15 is 0 Å². The van der Waals surface area contributed by atoms with Crippen LogP contribution >= 0.6 is 0 Å². The second kappa shape index (κ2) is 7.82. The molecule has 0 radical (unpaired) electrons.